The Hall–Kier alpha value is -2.53. The molecule has 1 saturated carbocycles. The summed E-state index contributed by atoms with van der Waals surface area (Å²) in [6, 6.07) is 5.34. The predicted molar refractivity (Wildman–Crippen MR) is 138 cm³/mol. The summed E-state index contributed by atoms with van der Waals surface area (Å²) in [6.07, 6.45) is 2.72. The standard InChI is InChI=1S/C28H39F3N4O4/c29-28(30,31)22-7-3-20(4-8-22)17-34-13-11-27(12-14-34)19-35(26(37)39-27)18-21-5-9-23(10-6-21)33-25(36)32-16-24-2-1-15-38-24/h3-4,7-8,21,23-24H,1-2,5-6,9-19H2,(H2,32,33,36). The predicted octanol–water partition coefficient (Wildman–Crippen LogP) is 4.53. The molecule has 1 spiro atoms. The van der Waals surface area contributed by atoms with Crippen LogP contribution in [0.15, 0.2) is 24.3 Å². The van der Waals surface area contributed by atoms with Crippen molar-refractivity contribution < 1.29 is 32.2 Å². The fourth-order valence-corrected chi connectivity index (χ4v) is 6.32. The van der Waals surface area contributed by atoms with Crippen molar-refractivity contribution in [2.24, 2.45) is 5.92 Å². The number of nitrogens with zero attached hydrogens (tertiary/aromatic N) is 2. The van der Waals surface area contributed by atoms with Gasteiger partial charge in [0.05, 0.1) is 18.2 Å². The van der Waals surface area contributed by atoms with Crippen LogP contribution in [0.1, 0.15) is 62.5 Å². The molecule has 3 amide bonds. The first kappa shape index (κ1) is 28.0. The zero-order valence-corrected chi connectivity index (χ0v) is 22.3. The van der Waals surface area contributed by atoms with Crippen molar-refractivity contribution in [2.75, 3.05) is 39.3 Å². The van der Waals surface area contributed by atoms with Gasteiger partial charge in [-0.05, 0) is 62.1 Å². The Morgan fingerprint density at radius 2 is 1.77 bits per heavy atom. The third-order valence-electron chi connectivity index (χ3n) is 8.67. The lowest BCUT2D eigenvalue weighted by molar-refractivity contribution is -0.137. The number of ether oxygens (including phenoxy) is 2. The van der Waals surface area contributed by atoms with Gasteiger partial charge in [0.15, 0.2) is 0 Å². The molecule has 0 radical (unpaired) electrons. The number of hydrogen-bond donors (Lipinski definition) is 2. The summed E-state index contributed by atoms with van der Waals surface area (Å²) in [5, 5.41) is 5.99. The van der Waals surface area contributed by atoms with Crippen LogP contribution in [-0.4, -0.2) is 79.0 Å². The molecule has 1 unspecified atom stereocenters. The van der Waals surface area contributed by atoms with E-state index in [0.717, 1.165) is 75.9 Å². The Kier molecular flexibility index (Phi) is 8.56. The second kappa shape index (κ2) is 11.9. The Balaban J connectivity index is 1.01. The summed E-state index contributed by atoms with van der Waals surface area (Å²) in [7, 11) is 0. The van der Waals surface area contributed by atoms with Crippen LogP contribution in [0.2, 0.25) is 0 Å². The minimum absolute atomic E-state index is 0.126. The second-order valence-corrected chi connectivity index (χ2v) is 11.6. The number of hydrogen-bond acceptors (Lipinski definition) is 5. The molecule has 4 fully saturated rings. The van der Waals surface area contributed by atoms with Crippen molar-refractivity contribution in [3.63, 3.8) is 0 Å². The number of halogens is 3. The van der Waals surface area contributed by atoms with E-state index in [-0.39, 0.29) is 24.3 Å². The largest absolute Gasteiger partial charge is 0.441 e. The van der Waals surface area contributed by atoms with Crippen LogP contribution in [0.5, 0.6) is 0 Å². The lowest BCUT2D eigenvalue weighted by Crippen LogP contribution is -2.47. The highest BCUT2D eigenvalue weighted by molar-refractivity contribution is 5.74. The third-order valence-corrected chi connectivity index (χ3v) is 8.67. The summed E-state index contributed by atoms with van der Waals surface area (Å²) < 4.78 is 49.9. The Bertz CT molecular complexity index is 984. The van der Waals surface area contributed by atoms with Gasteiger partial charge in [-0.1, -0.05) is 12.1 Å². The molecule has 8 nitrogen and oxygen atoms in total. The average Bonchev–Trinajstić information content (AvgIpc) is 3.53. The van der Waals surface area contributed by atoms with Crippen LogP contribution < -0.4 is 10.6 Å². The number of benzene rings is 1. The third kappa shape index (κ3) is 7.36. The van der Waals surface area contributed by atoms with Crippen LogP contribution in [0.3, 0.4) is 0 Å². The van der Waals surface area contributed by atoms with Gasteiger partial charge in [0, 0.05) is 58.2 Å². The lowest BCUT2D eigenvalue weighted by atomic mass is 9.85. The van der Waals surface area contributed by atoms with Crippen molar-refractivity contribution in [2.45, 2.75) is 81.8 Å². The number of alkyl halides is 3. The highest BCUT2D eigenvalue weighted by atomic mass is 19.4. The van der Waals surface area contributed by atoms with Gasteiger partial charge in [-0.3, -0.25) is 4.90 Å². The van der Waals surface area contributed by atoms with E-state index in [2.05, 4.69) is 15.5 Å². The van der Waals surface area contributed by atoms with E-state index in [1.807, 2.05) is 4.90 Å². The molecule has 39 heavy (non-hydrogen) atoms. The van der Waals surface area contributed by atoms with Gasteiger partial charge in [-0.15, -0.1) is 0 Å². The molecule has 1 aliphatic carbocycles. The van der Waals surface area contributed by atoms with Crippen molar-refractivity contribution >= 4 is 12.1 Å². The van der Waals surface area contributed by atoms with Gasteiger partial charge in [0.2, 0.25) is 0 Å². The summed E-state index contributed by atoms with van der Waals surface area (Å²) in [4.78, 5) is 29.0. The molecule has 4 aliphatic rings. The highest BCUT2D eigenvalue weighted by Crippen LogP contribution is 2.36. The molecule has 2 N–H and O–H groups in total. The Labute approximate surface area is 227 Å². The maximum Gasteiger partial charge on any atom is 0.416 e. The number of urea groups is 1. The molecule has 3 saturated heterocycles. The first-order valence-electron chi connectivity index (χ1n) is 14.2. The number of carbonyl (C=O) groups excluding carboxylic acids is 2. The van der Waals surface area contributed by atoms with Crippen LogP contribution >= 0.6 is 0 Å². The van der Waals surface area contributed by atoms with Gasteiger partial charge >= 0.3 is 18.3 Å². The van der Waals surface area contributed by atoms with Crippen LogP contribution in [0, 0.1) is 5.92 Å². The van der Waals surface area contributed by atoms with E-state index in [0.29, 0.717) is 44.9 Å². The molecule has 11 heteroatoms. The number of carbonyl (C=O) groups is 2. The summed E-state index contributed by atoms with van der Waals surface area (Å²) in [5.41, 5.74) is -0.273. The first-order chi connectivity index (χ1) is 18.7. The van der Waals surface area contributed by atoms with E-state index in [9.17, 15) is 22.8 Å². The summed E-state index contributed by atoms with van der Waals surface area (Å²) in [5.74, 6) is 0.389. The molecule has 1 aromatic carbocycles. The van der Waals surface area contributed by atoms with Gasteiger partial charge in [-0.2, -0.15) is 13.2 Å². The highest BCUT2D eigenvalue weighted by Gasteiger charge is 2.47. The summed E-state index contributed by atoms with van der Waals surface area (Å²) in [6.45, 7) is 4.62. The van der Waals surface area contributed by atoms with E-state index >= 15 is 0 Å². The fourth-order valence-electron chi connectivity index (χ4n) is 6.32. The van der Waals surface area contributed by atoms with Gasteiger partial charge < -0.3 is 25.0 Å². The molecule has 3 aliphatic heterocycles. The van der Waals surface area contributed by atoms with E-state index in [1.165, 1.54) is 12.1 Å². The van der Waals surface area contributed by atoms with E-state index in [1.54, 1.807) is 0 Å². The average molecular weight is 553 g/mol. The van der Waals surface area contributed by atoms with Gasteiger partial charge in [-0.25, -0.2) is 9.59 Å². The zero-order chi connectivity index (χ0) is 27.5. The van der Waals surface area contributed by atoms with Gasteiger partial charge in [0.1, 0.15) is 5.60 Å². The topological polar surface area (TPSA) is 83.1 Å². The Morgan fingerprint density at radius 1 is 1.05 bits per heavy atom. The molecule has 1 atom stereocenters. The van der Waals surface area contributed by atoms with E-state index < -0.39 is 17.3 Å². The quantitative estimate of drug-likeness (QED) is 0.520. The SMILES string of the molecule is O=C(NCC1CCCO1)NC1CCC(CN2CC3(CCN(Cc4ccc(C(F)(F)F)cc4)CC3)OC2=O)CC1. The number of piperidine rings is 1. The molecule has 5 rings (SSSR count). The number of likely N-dealkylation sites (tertiary alicyclic amines) is 1. The number of amides is 3. The molecule has 216 valence electrons. The molecule has 0 aromatic heterocycles. The fraction of sp³-hybridized carbons (Fsp3) is 0.714. The molecular weight excluding hydrogens is 513 g/mol. The minimum Gasteiger partial charge on any atom is -0.441 e. The minimum atomic E-state index is -4.33. The van der Waals surface area contributed by atoms with Crippen molar-refractivity contribution in [3.05, 3.63) is 35.4 Å². The normalized spacial score (nSPS) is 27.5. The van der Waals surface area contributed by atoms with Crippen molar-refractivity contribution in [3.8, 4) is 0 Å². The Morgan fingerprint density at radius 3 is 2.41 bits per heavy atom. The lowest BCUT2D eigenvalue weighted by Gasteiger charge is -2.37. The number of rotatable bonds is 7. The molecule has 3 heterocycles. The van der Waals surface area contributed by atoms with Gasteiger partial charge in [0.25, 0.3) is 0 Å². The monoisotopic (exact) mass is 552 g/mol. The number of nitrogens with one attached hydrogen (secondary N) is 2. The second-order valence-electron chi connectivity index (χ2n) is 11.6. The molecule has 1 aromatic rings. The van der Waals surface area contributed by atoms with Crippen LogP contribution in [-0.2, 0) is 22.2 Å². The summed E-state index contributed by atoms with van der Waals surface area (Å²) >= 11 is 0. The maximum absolute atomic E-state index is 12.8. The smallest absolute Gasteiger partial charge is 0.416 e. The van der Waals surface area contributed by atoms with E-state index in [4.69, 9.17) is 9.47 Å². The van der Waals surface area contributed by atoms with Crippen LogP contribution in [0.25, 0.3) is 0 Å². The van der Waals surface area contributed by atoms with Crippen molar-refractivity contribution in [1.29, 1.82) is 0 Å². The maximum atomic E-state index is 12.8. The molecular formula is C28H39F3N4O4. The van der Waals surface area contributed by atoms with Crippen LogP contribution in [0.4, 0.5) is 22.8 Å². The first-order valence-corrected chi connectivity index (χ1v) is 14.2. The molecule has 0 bridgehead atoms. The van der Waals surface area contributed by atoms with Crippen molar-refractivity contribution in [1.82, 2.24) is 20.4 Å². The zero-order valence-electron chi connectivity index (χ0n) is 22.3.